The molecular weight excluding hydrogens is 588 g/mol. The Bertz CT molecular complexity index is 1630. The molecule has 0 amide bonds. The fraction of sp³-hybridized carbons (Fsp3) is 0.409. The number of benzene rings is 4. The molecule has 0 saturated heterocycles. The van der Waals surface area contributed by atoms with Crippen molar-refractivity contribution >= 4 is 34.3 Å². The third-order valence-electron chi connectivity index (χ3n) is 10.6. The highest BCUT2D eigenvalue weighted by atomic mass is 16.1. The summed E-state index contributed by atoms with van der Waals surface area (Å²) in [7, 11) is 0. The smallest absolute Gasteiger partial charge is 0.196 e. The van der Waals surface area contributed by atoms with Gasteiger partial charge in [0, 0.05) is 22.5 Å². The second-order valence-electron chi connectivity index (χ2n) is 13.8. The van der Waals surface area contributed by atoms with E-state index in [2.05, 4.69) is 88.6 Å². The number of carbonyl (C=O) groups excluding carboxylic acids is 2. The second kappa shape index (κ2) is 16.3. The average Bonchev–Trinajstić information content (AvgIpc) is 3.10. The van der Waals surface area contributed by atoms with Gasteiger partial charge in [-0.05, 0) is 85.0 Å². The maximum Gasteiger partial charge on any atom is 0.196 e. The monoisotopic (exact) mass is 642 g/mol. The third-order valence-corrected chi connectivity index (χ3v) is 10.6. The molecule has 2 N–H and O–H groups in total. The van der Waals surface area contributed by atoms with Gasteiger partial charge in [0.2, 0.25) is 0 Å². The van der Waals surface area contributed by atoms with E-state index in [1.165, 1.54) is 60.8 Å². The fourth-order valence-electron chi connectivity index (χ4n) is 7.31. The van der Waals surface area contributed by atoms with Crippen molar-refractivity contribution in [2.24, 2.45) is 11.8 Å². The number of rotatable bonds is 16. The summed E-state index contributed by atoms with van der Waals surface area (Å²) in [6.07, 6.45) is 11.8. The summed E-state index contributed by atoms with van der Waals surface area (Å²) >= 11 is 0. The van der Waals surface area contributed by atoms with Gasteiger partial charge in [-0.15, -0.1) is 0 Å². The Balaban J connectivity index is 1.53. The number of fused-ring (bicyclic) bond motifs is 2. The van der Waals surface area contributed by atoms with Crippen LogP contribution in [0.2, 0.25) is 0 Å². The largest absolute Gasteiger partial charge is 0.355 e. The minimum Gasteiger partial charge on any atom is -0.355 e. The highest BCUT2D eigenvalue weighted by Crippen LogP contribution is 2.40. The van der Waals surface area contributed by atoms with Crippen LogP contribution in [0.5, 0.6) is 0 Å². The predicted molar refractivity (Wildman–Crippen MR) is 203 cm³/mol. The van der Waals surface area contributed by atoms with Crippen LogP contribution in [0, 0.1) is 25.7 Å². The maximum absolute atomic E-state index is 14.2. The Morgan fingerprint density at radius 1 is 0.521 bits per heavy atom. The molecule has 48 heavy (non-hydrogen) atoms. The number of unbranched alkanes of at least 4 members (excludes halogenated alkanes) is 2. The van der Waals surface area contributed by atoms with Gasteiger partial charge in [-0.3, -0.25) is 9.59 Å². The molecule has 0 bridgehead atoms. The normalized spacial score (nSPS) is 13.5. The second-order valence-corrected chi connectivity index (χ2v) is 13.8. The number of hydrogen-bond donors (Lipinski definition) is 2. The van der Waals surface area contributed by atoms with Crippen molar-refractivity contribution in [2.45, 2.75) is 106 Å². The Morgan fingerprint density at radius 3 is 1.31 bits per heavy atom. The molecule has 0 aliphatic heterocycles. The maximum atomic E-state index is 14.2. The molecule has 1 aliphatic carbocycles. The molecule has 0 spiro atoms. The molecule has 4 aromatic rings. The molecule has 4 aromatic carbocycles. The first kappa shape index (κ1) is 35.1. The number of anilines is 4. The average molecular weight is 643 g/mol. The molecule has 0 heterocycles. The Hall–Kier alpha value is -4.18. The topological polar surface area (TPSA) is 58.2 Å². The molecule has 2 atom stereocenters. The molecule has 0 radical (unpaired) electrons. The summed E-state index contributed by atoms with van der Waals surface area (Å²) in [6.45, 7) is 13.4. The van der Waals surface area contributed by atoms with Crippen molar-refractivity contribution in [1.82, 2.24) is 0 Å². The first-order chi connectivity index (χ1) is 23.3. The van der Waals surface area contributed by atoms with Crippen LogP contribution >= 0.6 is 0 Å². The van der Waals surface area contributed by atoms with E-state index in [1.54, 1.807) is 12.1 Å². The van der Waals surface area contributed by atoms with E-state index in [0.29, 0.717) is 45.5 Å². The van der Waals surface area contributed by atoms with Crippen LogP contribution in [-0.2, 0) is 12.8 Å². The van der Waals surface area contributed by atoms with Crippen LogP contribution in [0.1, 0.15) is 133 Å². The van der Waals surface area contributed by atoms with Gasteiger partial charge >= 0.3 is 0 Å². The third kappa shape index (κ3) is 7.59. The van der Waals surface area contributed by atoms with Gasteiger partial charge in [0.15, 0.2) is 11.6 Å². The van der Waals surface area contributed by atoms with Crippen molar-refractivity contribution in [3.05, 3.63) is 117 Å². The molecule has 4 nitrogen and oxygen atoms in total. The summed E-state index contributed by atoms with van der Waals surface area (Å²) < 4.78 is 0. The zero-order valence-corrected chi connectivity index (χ0v) is 30.0. The summed E-state index contributed by atoms with van der Waals surface area (Å²) in [4.78, 5) is 28.5. The molecule has 0 saturated carbocycles. The minimum atomic E-state index is -0.127. The van der Waals surface area contributed by atoms with E-state index >= 15 is 0 Å². The number of hydrogen-bond acceptors (Lipinski definition) is 4. The molecule has 2 unspecified atom stereocenters. The van der Waals surface area contributed by atoms with E-state index in [-0.39, 0.29) is 11.6 Å². The highest BCUT2D eigenvalue weighted by Gasteiger charge is 2.34. The molecule has 1 aliphatic rings. The van der Waals surface area contributed by atoms with E-state index in [9.17, 15) is 9.59 Å². The SMILES string of the molecule is CCCCC(CC)Cc1cccc(Nc2ccc(Nc3cccc(CC(CC)CCCC)c3C)c3c2C(=O)c2ccccc2C3=O)c1C. The van der Waals surface area contributed by atoms with Crippen LogP contribution in [0.4, 0.5) is 22.7 Å². The van der Waals surface area contributed by atoms with Crippen LogP contribution < -0.4 is 10.6 Å². The van der Waals surface area contributed by atoms with Gasteiger partial charge in [-0.2, -0.15) is 0 Å². The molecule has 252 valence electrons. The summed E-state index contributed by atoms with van der Waals surface area (Å²) in [5.41, 5.74) is 10.1. The highest BCUT2D eigenvalue weighted by molar-refractivity contribution is 6.32. The standard InChI is InChI=1S/C44H54N2O2/c1-7-11-17-31(9-3)27-33-19-15-23-37(29(33)5)45-39-25-26-40(42-41(39)43(47)35-21-13-14-22-36(35)44(42)48)46-38-24-16-20-34(30(38)6)28-32(10-4)18-12-8-2/h13-16,19-26,31-32,45-46H,7-12,17-18,27-28H2,1-6H3. The summed E-state index contributed by atoms with van der Waals surface area (Å²) in [5, 5.41) is 7.22. The molecule has 5 rings (SSSR count). The van der Waals surface area contributed by atoms with Crippen molar-refractivity contribution < 1.29 is 9.59 Å². The van der Waals surface area contributed by atoms with Gasteiger partial charge in [0.05, 0.1) is 22.5 Å². The Labute approximate surface area is 288 Å². The lowest BCUT2D eigenvalue weighted by molar-refractivity contribution is 0.0980. The summed E-state index contributed by atoms with van der Waals surface area (Å²) in [6, 6.07) is 23.9. The van der Waals surface area contributed by atoms with Crippen LogP contribution in [-0.4, -0.2) is 11.6 Å². The first-order valence-electron chi connectivity index (χ1n) is 18.4. The van der Waals surface area contributed by atoms with Gasteiger partial charge in [-0.1, -0.05) is 128 Å². The number of nitrogens with one attached hydrogen (secondary N) is 2. The van der Waals surface area contributed by atoms with Gasteiger partial charge in [0.25, 0.3) is 0 Å². The van der Waals surface area contributed by atoms with Crippen molar-refractivity contribution in [2.75, 3.05) is 10.6 Å². The molecule has 0 aromatic heterocycles. The van der Waals surface area contributed by atoms with Gasteiger partial charge in [-0.25, -0.2) is 0 Å². The van der Waals surface area contributed by atoms with Gasteiger partial charge in [0.1, 0.15) is 0 Å². The van der Waals surface area contributed by atoms with Gasteiger partial charge < -0.3 is 10.6 Å². The zero-order valence-electron chi connectivity index (χ0n) is 30.0. The van der Waals surface area contributed by atoms with E-state index < -0.39 is 0 Å². The Morgan fingerprint density at radius 2 is 0.938 bits per heavy atom. The lowest BCUT2D eigenvalue weighted by Gasteiger charge is -2.25. The van der Waals surface area contributed by atoms with Crippen LogP contribution in [0.15, 0.2) is 72.8 Å². The fourth-order valence-corrected chi connectivity index (χ4v) is 7.31. The van der Waals surface area contributed by atoms with Crippen molar-refractivity contribution in [3.63, 3.8) is 0 Å². The molecule has 4 heteroatoms. The van der Waals surface area contributed by atoms with Crippen molar-refractivity contribution in [1.29, 1.82) is 0 Å². The number of carbonyl (C=O) groups is 2. The van der Waals surface area contributed by atoms with E-state index in [0.717, 1.165) is 37.1 Å². The quantitative estimate of drug-likeness (QED) is 0.112. The van der Waals surface area contributed by atoms with Crippen LogP contribution in [0.25, 0.3) is 0 Å². The van der Waals surface area contributed by atoms with E-state index in [1.807, 2.05) is 24.3 Å². The molecule has 0 fully saturated rings. The predicted octanol–water partition coefficient (Wildman–Crippen LogP) is 12.1. The van der Waals surface area contributed by atoms with E-state index in [4.69, 9.17) is 0 Å². The zero-order chi connectivity index (χ0) is 34.2. The lowest BCUT2D eigenvalue weighted by Crippen LogP contribution is -2.23. The lowest BCUT2D eigenvalue weighted by atomic mass is 9.82. The summed E-state index contributed by atoms with van der Waals surface area (Å²) in [5.74, 6) is 1.05. The first-order valence-corrected chi connectivity index (χ1v) is 18.4. The Kier molecular flexibility index (Phi) is 11.9. The number of ketones is 2. The molecular formula is C44H54N2O2. The minimum absolute atomic E-state index is 0.127. The van der Waals surface area contributed by atoms with Crippen molar-refractivity contribution in [3.8, 4) is 0 Å². The van der Waals surface area contributed by atoms with Crippen LogP contribution in [0.3, 0.4) is 0 Å².